The summed E-state index contributed by atoms with van der Waals surface area (Å²) in [5.74, 6) is 1.64. The molecule has 0 radical (unpaired) electrons. The van der Waals surface area contributed by atoms with E-state index in [2.05, 4.69) is 22.8 Å². The van der Waals surface area contributed by atoms with Crippen LogP contribution in [0.2, 0.25) is 0 Å². The first-order chi connectivity index (χ1) is 13.7. The summed E-state index contributed by atoms with van der Waals surface area (Å²) in [4.78, 5) is 14.1. The number of carbonyl (C=O) groups excluding carboxylic acids is 1. The van der Waals surface area contributed by atoms with Gasteiger partial charge in [-0.15, -0.1) is 12.4 Å². The van der Waals surface area contributed by atoms with Gasteiger partial charge in [0.25, 0.3) is 0 Å². The molecule has 0 unspecified atom stereocenters. The zero-order valence-corrected chi connectivity index (χ0v) is 17.7. The van der Waals surface area contributed by atoms with Gasteiger partial charge in [0.1, 0.15) is 11.5 Å². The lowest BCUT2D eigenvalue weighted by molar-refractivity contribution is 0.204. The van der Waals surface area contributed by atoms with Crippen LogP contribution in [-0.4, -0.2) is 50.8 Å². The van der Waals surface area contributed by atoms with Crippen LogP contribution in [0.3, 0.4) is 0 Å². The van der Waals surface area contributed by atoms with E-state index in [4.69, 9.17) is 9.47 Å². The molecule has 2 N–H and O–H groups in total. The zero-order chi connectivity index (χ0) is 19.6. The number of methoxy groups -OCH3 is 1. The van der Waals surface area contributed by atoms with Crippen molar-refractivity contribution in [2.45, 2.75) is 19.3 Å². The van der Waals surface area contributed by atoms with Crippen LogP contribution in [0.15, 0.2) is 48.5 Å². The molecule has 29 heavy (non-hydrogen) atoms. The Morgan fingerprint density at radius 2 is 1.79 bits per heavy atom. The molecule has 0 aromatic heterocycles. The average molecular weight is 420 g/mol. The molecule has 0 bridgehead atoms. The molecule has 0 saturated carbocycles. The van der Waals surface area contributed by atoms with E-state index in [0.29, 0.717) is 6.61 Å². The smallest absolute Gasteiger partial charge is 0.321 e. The Morgan fingerprint density at radius 1 is 1.07 bits per heavy atom. The van der Waals surface area contributed by atoms with Gasteiger partial charge in [-0.25, -0.2) is 4.79 Å². The van der Waals surface area contributed by atoms with E-state index in [9.17, 15) is 4.79 Å². The van der Waals surface area contributed by atoms with E-state index in [1.54, 1.807) is 7.11 Å². The third-order valence-corrected chi connectivity index (χ3v) is 4.78. The molecular formula is C22H30ClN3O3. The number of piperazine rings is 1. The lowest BCUT2D eigenvalue weighted by atomic mass is 10.1. The lowest BCUT2D eigenvalue weighted by Crippen LogP contribution is -2.48. The number of halogens is 1. The highest BCUT2D eigenvalue weighted by atomic mass is 35.5. The Balaban J connectivity index is 0.00000300. The van der Waals surface area contributed by atoms with Gasteiger partial charge in [-0.1, -0.05) is 18.2 Å². The van der Waals surface area contributed by atoms with Crippen LogP contribution >= 0.6 is 12.4 Å². The Bertz CT molecular complexity index is 749. The van der Waals surface area contributed by atoms with E-state index in [1.807, 2.05) is 41.3 Å². The van der Waals surface area contributed by atoms with Gasteiger partial charge in [0.15, 0.2) is 0 Å². The summed E-state index contributed by atoms with van der Waals surface area (Å²) >= 11 is 0. The first-order valence-electron chi connectivity index (χ1n) is 9.87. The monoisotopic (exact) mass is 419 g/mol. The lowest BCUT2D eigenvalue weighted by Gasteiger charge is -2.27. The minimum absolute atomic E-state index is 0. The fraction of sp³-hybridized carbons (Fsp3) is 0.409. The van der Waals surface area contributed by atoms with Crippen molar-refractivity contribution >= 4 is 24.1 Å². The van der Waals surface area contributed by atoms with Gasteiger partial charge in [-0.3, -0.25) is 0 Å². The maximum atomic E-state index is 12.2. The minimum atomic E-state index is -0.0241. The van der Waals surface area contributed by atoms with Crippen molar-refractivity contribution in [3.63, 3.8) is 0 Å². The summed E-state index contributed by atoms with van der Waals surface area (Å²) < 4.78 is 11.0. The number of rotatable bonds is 8. The maximum absolute atomic E-state index is 12.2. The predicted molar refractivity (Wildman–Crippen MR) is 119 cm³/mol. The minimum Gasteiger partial charge on any atom is -0.497 e. The number of nitrogens with one attached hydrogen (secondary N) is 2. The summed E-state index contributed by atoms with van der Waals surface area (Å²) in [7, 11) is 1.65. The standard InChI is InChI=1S/C22H29N3O3.ClH/c1-27-20-6-4-7-21(17-20)28-16-3-2-5-18-8-10-19(11-9-18)24-22(26)25-14-12-23-13-15-25;/h4,6-11,17,23H,2-3,5,12-16H2,1H3,(H,24,26);1H. The van der Waals surface area contributed by atoms with E-state index in [1.165, 1.54) is 5.56 Å². The highest BCUT2D eigenvalue weighted by Gasteiger charge is 2.15. The van der Waals surface area contributed by atoms with Gasteiger partial charge in [0, 0.05) is 37.9 Å². The molecule has 2 aromatic carbocycles. The fourth-order valence-electron chi connectivity index (χ4n) is 3.14. The number of anilines is 1. The van der Waals surface area contributed by atoms with Crippen LogP contribution in [0.25, 0.3) is 0 Å². The second-order valence-corrected chi connectivity index (χ2v) is 6.85. The summed E-state index contributed by atoms with van der Waals surface area (Å²) in [5, 5.41) is 6.22. The Hall–Kier alpha value is -2.44. The molecule has 6 nitrogen and oxygen atoms in total. The molecule has 2 amide bonds. The van der Waals surface area contributed by atoms with E-state index >= 15 is 0 Å². The molecule has 2 aromatic rings. The van der Waals surface area contributed by atoms with Crippen molar-refractivity contribution in [1.82, 2.24) is 10.2 Å². The molecule has 0 aliphatic carbocycles. The van der Waals surface area contributed by atoms with Crippen LogP contribution in [0.5, 0.6) is 11.5 Å². The van der Waals surface area contributed by atoms with Crippen LogP contribution < -0.4 is 20.1 Å². The normalized spacial score (nSPS) is 13.3. The predicted octanol–water partition coefficient (Wildman–Crippen LogP) is 3.96. The van der Waals surface area contributed by atoms with Crippen LogP contribution in [-0.2, 0) is 6.42 Å². The quantitative estimate of drug-likeness (QED) is 0.636. The van der Waals surface area contributed by atoms with Crippen molar-refractivity contribution in [1.29, 1.82) is 0 Å². The number of ether oxygens (including phenoxy) is 2. The van der Waals surface area contributed by atoms with Gasteiger partial charge in [-0.05, 0) is 49.1 Å². The summed E-state index contributed by atoms with van der Waals surface area (Å²) in [6.07, 6.45) is 3.03. The van der Waals surface area contributed by atoms with Gasteiger partial charge < -0.3 is 25.0 Å². The van der Waals surface area contributed by atoms with E-state index in [-0.39, 0.29) is 18.4 Å². The second kappa shape index (κ2) is 12.2. The first kappa shape index (κ1) is 22.8. The van der Waals surface area contributed by atoms with Crippen LogP contribution in [0, 0.1) is 0 Å². The summed E-state index contributed by atoms with van der Waals surface area (Å²) in [6.45, 7) is 3.90. The largest absolute Gasteiger partial charge is 0.497 e. The number of aryl methyl sites for hydroxylation is 1. The van der Waals surface area contributed by atoms with E-state index in [0.717, 1.165) is 62.6 Å². The zero-order valence-electron chi connectivity index (χ0n) is 16.9. The van der Waals surface area contributed by atoms with E-state index < -0.39 is 0 Å². The van der Waals surface area contributed by atoms with Gasteiger partial charge in [0.05, 0.1) is 13.7 Å². The Kier molecular flexibility index (Phi) is 9.60. The number of nitrogens with zero attached hydrogens (tertiary/aromatic N) is 1. The third kappa shape index (κ3) is 7.48. The first-order valence-corrected chi connectivity index (χ1v) is 9.87. The molecule has 1 heterocycles. The van der Waals surface area contributed by atoms with Crippen LogP contribution in [0.4, 0.5) is 10.5 Å². The van der Waals surface area contributed by atoms with Gasteiger partial charge in [0.2, 0.25) is 0 Å². The molecular weight excluding hydrogens is 390 g/mol. The maximum Gasteiger partial charge on any atom is 0.321 e. The number of carbonyl (C=O) groups is 1. The summed E-state index contributed by atoms with van der Waals surface area (Å²) in [6, 6.07) is 15.8. The molecule has 0 atom stereocenters. The molecule has 7 heteroatoms. The van der Waals surface area contributed by atoms with Crippen molar-refractivity contribution in [3.05, 3.63) is 54.1 Å². The molecule has 158 valence electrons. The summed E-state index contributed by atoms with van der Waals surface area (Å²) in [5.41, 5.74) is 2.11. The van der Waals surface area contributed by atoms with Crippen molar-refractivity contribution < 1.29 is 14.3 Å². The Morgan fingerprint density at radius 3 is 2.52 bits per heavy atom. The molecule has 1 saturated heterocycles. The molecule has 1 aliphatic heterocycles. The average Bonchev–Trinajstić information content (AvgIpc) is 2.75. The van der Waals surface area contributed by atoms with Gasteiger partial charge >= 0.3 is 6.03 Å². The Labute approximate surface area is 179 Å². The SMILES string of the molecule is COc1cccc(OCCCCc2ccc(NC(=O)N3CCNCC3)cc2)c1.Cl. The van der Waals surface area contributed by atoms with Gasteiger partial charge in [-0.2, -0.15) is 0 Å². The fourth-order valence-corrected chi connectivity index (χ4v) is 3.14. The van der Waals surface area contributed by atoms with Crippen molar-refractivity contribution in [2.24, 2.45) is 0 Å². The van der Waals surface area contributed by atoms with Crippen LogP contribution in [0.1, 0.15) is 18.4 Å². The number of hydrogen-bond donors (Lipinski definition) is 2. The molecule has 1 aliphatic rings. The third-order valence-electron chi connectivity index (χ3n) is 4.78. The van der Waals surface area contributed by atoms with Crippen molar-refractivity contribution in [2.75, 3.05) is 45.2 Å². The topological polar surface area (TPSA) is 62.8 Å². The number of amides is 2. The number of unbranched alkanes of at least 4 members (excludes halogenated alkanes) is 1. The molecule has 3 rings (SSSR count). The highest BCUT2D eigenvalue weighted by molar-refractivity contribution is 5.89. The number of hydrogen-bond acceptors (Lipinski definition) is 4. The van der Waals surface area contributed by atoms with Crippen molar-refractivity contribution in [3.8, 4) is 11.5 Å². The second-order valence-electron chi connectivity index (χ2n) is 6.85. The number of urea groups is 1. The number of benzene rings is 2. The molecule has 1 fully saturated rings. The molecule has 0 spiro atoms. The highest BCUT2D eigenvalue weighted by Crippen LogP contribution is 2.19.